The Morgan fingerprint density at radius 3 is 2.11 bits per heavy atom. The summed E-state index contributed by atoms with van der Waals surface area (Å²) in [6, 6.07) is 7.91. The first-order valence-corrected chi connectivity index (χ1v) is 7.28. The molecule has 0 amide bonds. The minimum atomic E-state index is -0.377. The zero-order valence-electron chi connectivity index (χ0n) is 12.3. The summed E-state index contributed by atoms with van der Waals surface area (Å²) in [4.78, 5) is 0. The van der Waals surface area contributed by atoms with Crippen molar-refractivity contribution in [2.45, 2.75) is 45.6 Å². The van der Waals surface area contributed by atoms with Crippen LogP contribution in [0.2, 0.25) is 0 Å². The molecule has 1 aromatic rings. The second-order valence-electron chi connectivity index (χ2n) is 4.91. The summed E-state index contributed by atoms with van der Waals surface area (Å²) in [5.74, 6) is 1.17. The van der Waals surface area contributed by atoms with Gasteiger partial charge in [-0.15, -0.1) is 0 Å². The van der Waals surface area contributed by atoms with Crippen molar-refractivity contribution in [2.75, 3.05) is 13.2 Å². The van der Waals surface area contributed by atoms with Crippen LogP contribution in [0.25, 0.3) is 0 Å². The van der Waals surface area contributed by atoms with Crippen molar-refractivity contribution in [3.05, 3.63) is 29.8 Å². The van der Waals surface area contributed by atoms with Gasteiger partial charge in [0.1, 0.15) is 5.75 Å². The Kier molecular flexibility index (Phi) is 6.89. The molecule has 2 atom stereocenters. The van der Waals surface area contributed by atoms with Gasteiger partial charge in [0.05, 0.1) is 12.7 Å². The normalized spacial score (nSPS) is 14.4. The van der Waals surface area contributed by atoms with Crippen molar-refractivity contribution < 1.29 is 9.84 Å². The number of aliphatic hydroxyl groups is 1. The van der Waals surface area contributed by atoms with Crippen LogP contribution in [-0.2, 0) is 0 Å². The fraction of sp³-hybridized carbons (Fsp3) is 0.625. The highest BCUT2D eigenvalue weighted by Crippen LogP contribution is 2.28. The Bertz CT molecular complexity index is 346. The number of nitrogens with two attached hydrogens (primary N) is 1. The zero-order chi connectivity index (χ0) is 14.3. The first kappa shape index (κ1) is 16.0. The summed E-state index contributed by atoms with van der Waals surface area (Å²) in [7, 11) is 0. The van der Waals surface area contributed by atoms with E-state index in [2.05, 4.69) is 13.8 Å². The maximum absolute atomic E-state index is 10.5. The predicted molar refractivity (Wildman–Crippen MR) is 79.5 cm³/mol. The molecule has 2 unspecified atom stereocenters. The molecule has 0 spiro atoms. The van der Waals surface area contributed by atoms with Crippen LogP contribution in [0, 0.1) is 5.92 Å². The molecule has 0 aromatic heterocycles. The Balaban J connectivity index is 2.83. The molecule has 0 bridgehead atoms. The lowest BCUT2D eigenvalue weighted by Gasteiger charge is -2.28. The molecule has 108 valence electrons. The highest BCUT2D eigenvalue weighted by atomic mass is 16.5. The van der Waals surface area contributed by atoms with Crippen molar-refractivity contribution in [1.29, 1.82) is 0 Å². The number of ether oxygens (including phenoxy) is 1. The fourth-order valence-electron chi connectivity index (χ4n) is 2.55. The quantitative estimate of drug-likeness (QED) is 0.760. The number of hydrogen-bond donors (Lipinski definition) is 2. The Labute approximate surface area is 116 Å². The molecule has 0 heterocycles. The monoisotopic (exact) mass is 265 g/mol. The first-order chi connectivity index (χ1) is 9.17. The molecule has 3 heteroatoms. The standard InChI is InChI=1S/C16H27NO2/c1-4-12(5-2)16(18)15(11-17)13-7-9-14(10-8-13)19-6-3/h7-10,12,15-16,18H,4-6,11,17H2,1-3H3. The van der Waals surface area contributed by atoms with Crippen molar-refractivity contribution >= 4 is 0 Å². The van der Waals surface area contributed by atoms with Crippen LogP contribution in [0.1, 0.15) is 45.1 Å². The number of benzene rings is 1. The first-order valence-electron chi connectivity index (χ1n) is 7.28. The van der Waals surface area contributed by atoms with Gasteiger partial charge in [0.25, 0.3) is 0 Å². The van der Waals surface area contributed by atoms with Gasteiger partial charge in [-0.2, -0.15) is 0 Å². The molecule has 19 heavy (non-hydrogen) atoms. The third-order valence-corrected chi connectivity index (χ3v) is 3.82. The van der Waals surface area contributed by atoms with Gasteiger partial charge in [0, 0.05) is 12.5 Å². The number of rotatable bonds is 8. The lowest BCUT2D eigenvalue weighted by Crippen LogP contribution is -2.32. The van der Waals surface area contributed by atoms with Gasteiger partial charge in [-0.1, -0.05) is 38.8 Å². The van der Waals surface area contributed by atoms with E-state index in [1.807, 2.05) is 31.2 Å². The number of aliphatic hydroxyl groups excluding tert-OH is 1. The molecule has 0 aliphatic carbocycles. The van der Waals surface area contributed by atoms with E-state index in [9.17, 15) is 5.11 Å². The third-order valence-electron chi connectivity index (χ3n) is 3.82. The fourth-order valence-corrected chi connectivity index (χ4v) is 2.55. The van der Waals surface area contributed by atoms with Crippen molar-refractivity contribution in [2.24, 2.45) is 11.7 Å². The maximum atomic E-state index is 10.5. The summed E-state index contributed by atoms with van der Waals surface area (Å²) >= 11 is 0. The lowest BCUT2D eigenvalue weighted by atomic mass is 9.83. The van der Waals surface area contributed by atoms with Crippen LogP contribution in [0.15, 0.2) is 24.3 Å². The molecular weight excluding hydrogens is 238 g/mol. The van der Waals surface area contributed by atoms with E-state index in [1.54, 1.807) is 0 Å². The number of hydrogen-bond acceptors (Lipinski definition) is 3. The summed E-state index contributed by atoms with van der Waals surface area (Å²) in [5, 5.41) is 10.5. The molecule has 0 aliphatic rings. The SMILES string of the molecule is CCOc1ccc(C(CN)C(O)C(CC)CC)cc1. The average molecular weight is 265 g/mol. The second-order valence-corrected chi connectivity index (χ2v) is 4.91. The minimum Gasteiger partial charge on any atom is -0.494 e. The molecule has 0 fully saturated rings. The van der Waals surface area contributed by atoms with Crippen LogP contribution in [0.3, 0.4) is 0 Å². The molecule has 0 saturated carbocycles. The Morgan fingerprint density at radius 1 is 1.11 bits per heavy atom. The van der Waals surface area contributed by atoms with E-state index in [0.29, 0.717) is 19.1 Å². The molecule has 3 N–H and O–H groups in total. The van der Waals surface area contributed by atoms with Crippen LogP contribution >= 0.6 is 0 Å². The van der Waals surface area contributed by atoms with E-state index >= 15 is 0 Å². The van der Waals surface area contributed by atoms with E-state index in [-0.39, 0.29) is 12.0 Å². The second kappa shape index (κ2) is 8.18. The molecule has 3 nitrogen and oxygen atoms in total. The largest absolute Gasteiger partial charge is 0.494 e. The van der Waals surface area contributed by atoms with E-state index in [4.69, 9.17) is 10.5 Å². The molecule has 1 rings (SSSR count). The smallest absolute Gasteiger partial charge is 0.119 e. The summed E-state index contributed by atoms with van der Waals surface area (Å²) in [6.45, 7) is 7.32. The highest BCUT2D eigenvalue weighted by molar-refractivity contribution is 5.30. The van der Waals surface area contributed by atoms with E-state index < -0.39 is 0 Å². The molecule has 0 radical (unpaired) electrons. The molecular formula is C16H27NO2. The van der Waals surface area contributed by atoms with Gasteiger partial charge in [-0.3, -0.25) is 0 Å². The van der Waals surface area contributed by atoms with Crippen LogP contribution in [0.5, 0.6) is 5.75 Å². The van der Waals surface area contributed by atoms with Gasteiger partial charge in [0.15, 0.2) is 0 Å². The molecule has 0 saturated heterocycles. The van der Waals surface area contributed by atoms with Gasteiger partial charge < -0.3 is 15.6 Å². The third kappa shape index (κ3) is 4.22. The predicted octanol–water partition coefficient (Wildman–Crippen LogP) is 2.92. The van der Waals surface area contributed by atoms with Crippen molar-refractivity contribution in [3.63, 3.8) is 0 Å². The highest BCUT2D eigenvalue weighted by Gasteiger charge is 2.25. The summed E-state index contributed by atoms with van der Waals surface area (Å²) in [6.07, 6.45) is 1.58. The van der Waals surface area contributed by atoms with Crippen LogP contribution in [-0.4, -0.2) is 24.4 Å². The molecule has 1 aromatic carbocycles. The van der Waals surface area contributed by atoms with E-state index in [1.165, 1.54) is 0 Å². The van der Waals surface area contributed by atoms with Crippen molar-refractivity contribution in [1.82, 2.24) is 0 Å². The van der Waals surface area contributed by atoms with Gasteiger partial charge in [-0.05, 0) is 30.5 Å². The topological polar surface area (TPSA) is 55.5 Å². The minimum absolute atomic E-state index is 0.000534. The Morgan fingerprint density at radius 2 is 1.68 bits per heavy atom. The summed E-state index contributed by atoms with van der Waals surface area (Å²) < 4.78 is 5.43. The zero-order valence-corrected chi connectivity index (χ0v) is 12.3. The van der Waals surface area contributed by atoms with Crippen LogP contribution in [0.4, 0.5) is 0 Å². The average Bonchev–Trinajstić information content (AvgIpc) is 2.43. The summed E-state index contributed by atoms with van der Waals surface area (Å²) in [5.41, 5.74) is 6.95. The van der Waals surface area contributed by atoms with Crippen LogP contribution < -0.4 is 10.5 Å². The molecule has 0 aliphatic heterocycles. The maximum Gasteiger partial charge on any atom is 0.119 e. The van der Waals surface area contributed by atoms with Gasteiger partial charge in [0.2, 0.25) is 0 Å². The van der Waals surface area contributed by atoms with Gasteiger partial charge >= 0.3 is 0 Å². The Hall–Kier alpha value is -1.06. The lowest BCUT2D eigenvalue weighted by molar-refractivity contribution is 0.0779. The van der Waals surface area contributed by atoms with E-state index in [0.717, 1.165) is 24.2 Å². The van der Waals surface area contributed by atoms with Gasteiger partial charge in [-0.25, -0.2) is 0 Å². The van der Waals surface area contributed by atoms with Crippen molar-refractivity contribution in [3.8, 4) is 5.75 Å².